The van der Waals surface area contributed by atoms with Crippen LogP contribution < -0.4 is 0 Å². The fourth-order valence-electron chi connectivity index (χ4n) is 3.03. The minimum Gasteiger partial charge on any atom is -0.380 e. The van der Waals surface area contributed by atoms with Crippen LogP contribution in [0.25, 0.3) is 0 Å². The summed E-state index contributed by atoms with van der Waals surface area (Å²) in [5, 5.41) is 0.500. The number of nitrogens with zero attached hydrogens (tertiary/aromatic N) is 3. The van der Waals surface area contributed by atoms with E-state index in [0.29, 0.717) is 16.6 Å². The molecule has 2 aliphatic heterocycles. The Morgan fingerprint density at radius 1 is 1.29 bits per heavy atom. The van der Waals surface area contributed by atoms with Gasteiger partial charge in [0.15, 0.2) is 0 Å². The van der Waals surface area contributed by atoms with E-state index in [1.807, 2.05) is 4.90 Å². The average Bonchev–Trinajstić information content (AvgIpc) is 2.91. The molecule has 114 valence electrons. The average molecular weight is 310 g/mol. The lowest BCUT2D eigenvalue weighted by molar-refractivity contribution is 0.0756. The summed E-state index contributed by atoms with van der Waals surface area (Å²) in [6.45, 7) is 5.17. The number of hydrogen-bond donors (Lipinski definition) is 0. The Bertz CT molecular complexity index is 505. The Morgan fingerprint density at radius 2 is 2.19 bits per heavy atom. The highest BCUT2D eigenvalue weighted by Crippen LogP contribution is 2.17. The molecule has 21 heavy (non-hydrogen) atoms. The highest BCUT2D eigenvalue weighted by Gasteiger charge is 2.27. The molecule has 2 aliphatic rings. The maximum absolute atomic E-state index is 12.5. The molecule has 2 saturated heterocycles. The molecule has 5 nitrogen and oxygen atoms in total. The van der Waals surface area contributed by atoms with Crippen LogP contribution >= 0.6 is 11.6 Å². The number of ether oxygens (including phenoxy) is 1. The minimum atomic E-state index is 0.0227. The van der Waals surface area contributed by atoms with Crippen molar-refractivity contribution in [2.75, 3.05) is 39.4 Å². The number of hydrogen-bond acceptors (Lipinski definition) is 4. The van der Waals surface area contributed by atoms with Crippen LogP contribution in [0.15, 0.2) is 18.5 Å². The van der Waals surface area contributed by atoms with E-state index >= 15 is 0 Å². The van der Waals surface area contributed by atoms with Gasteiger partial charge in [-0.15, -0.1) is 0 Å². The van der Waals surface area contributed by atoms with Crippen LogP contribution in [0.3, 0.4) is 0 Å². The summed E-state index contributed by atoms with van der Waals surface area (Å²) >= 11 is 5.91. The van der Waals surface area contributed by atoms with E-state index in [-0.39, 0.29) is 5.91 Å². The van der Waals surface area contributed by atoms with Crippen LogP contribution in [0.1, 0.15) is 23.2 Å². The Labute approximate surface area is 129 Å². The van der Waals surface area contributed by atoms with Gasteiger partial charge in [-0.05, 0) is 18.9 Å². The molecule has 1 atom stereocenters. The summed E-state index contributed by atoms with van der Waals surface area (Å²) in [7, 11) is 0. The maximum Gasteiger partial charge on any atom is 0.255 e. The highest BCUT2D eigenvalue weighted by atomic mass is 35.5. The van der Waals surface area contributed by atoms with E-state index in [1.54, 1.807) is 18.5 Å². The Kier molecular flexibility index (Phi) is 4.73. The highest BCUT2D eigenvalue weighted by molar-refractivity contribution is 6.30. The first kappa shape index (κ1) is 14.8. The van der Waals surface area contributed by atoms with Crippen LogP contribution in [0, 0.1) is 0 Å². The van der Waals surface area contributed by atoms with E-state index in [0.717, 1.165) is 52.2 Å². The SMILES string of the molecule is O=C(c1cncc(Cl)c1)N1CCCN(C2CCOC2)CC1. The van der Waals surface area contributed by atoms with Crippen molar-refractivity contribution in [2.45, 2.75) is 18.9 Å². The zero-order valence-corrected chi connectivity index (χ0v) is 12.8. The number of aromatic nitrogens is 1. The molecular formula is C15H20ClN3O2. The molecule has 1 unspecified atom stereocenters. The number of rotatable bonds is 2. The van der Waals surface area contributed by atoms with Crippen molar-refractivity contribution < 1.29 is 9.53 Å². The van der Waals surface area contributed by atoms with Crippen LogP contribution in [-0.4, -0.2) is 66.1 Å². The molecule has 6 heteroatoms. The van der Waals surface area contributed by atoms with Gasteiger partial charge in [0.25, 0.3) is 5.91 Å². The van der Waals surface area contributed by atoms with Gasteiger partial charge in [-0.25, -0.2) is 0 Å². The van der Waals surface area contributed by atoms with Gasteiger partial charge in [0, 0.05) is 51.2 Å². The molecule has 1 amide bonds. The Morgan fingerprint density at radius 3 is 2.95 bits per heavy atom. The summed E-state index contributed by atoms with van der Waals surface area (Å²) in [5.41, 5.74) is 0.570. The fraction of sp³-hybridized carbons (Fsp3) is 0.600. The van der Waals surface area contributed by atoms with E-state index < -0.39 is 0 Å². The second kappa shape index (κ2) is 6.73. The van der Waals surface area contributed by atoms with Crippen molar-refractivity contribution >= 4 is 17.5 Å². The standard InChI is InChI=1S/C15H20ClN3O2/c16-13-8-12(9-17-10-13)15(20)19-4-1-3-18(5-6-19)14-2-7-21-11-14/h8-10,14H,1-7,11H2. The third-order valence-electron chi connectivity index (χ3n) is 4.19. The van der Waals surface area contributed by atoms with Crippen molar-refractivity contribution in [3.05, 3.63) is 29.0 Å². The van der Waals surface area contributed by atoms with Crippen LogP contribution in [0.4, 0.5) is 0 Å². The first-order valence-electron chi connectivity index (χ1n) is 7.45. The molecule has 1 aromatic rings. The monoisotopic (exact) mass is 309 g/mol. The fourth-order valence-corrected chi connectivity index (χ4v) is 3.20. The first-order chi connectivity index (χ1) is 10.2. The molecule has 0 saturated carbocycles. The zero-order chi connectivity index (χ0) is 14.7. The smallest absolute Gasteiger partial charge is 0.255 e. The predicted octanol–water partition coefficient (Wildman–Crippen LogP) is 1.67. The van der Waals surface area contributed by atoms with Crippen molar-refractivity contribution in [3.8, 4) is 0 Å². The van der Waals surface area contributed by atoms with Crippen molar-refractivity contribution in [1.29, 1.82) is 0 Å². The van der Waals surface area contributed by atoms with Gasteiger partial charge < -0.3 is 9.64 Å². The molecule has 3 rings (SSSR count). The summed E-state index contributed by atoms with van der Waals surface area (Å²) in [6, 6.07) is 2.21. The molecule has 0 bridgehead atoms. The number of carbonyl (C=O) groups is 1. The first-order valence-corrected chi connectivity index (χ1v) is 7.83. The predicted molar refractivity (Wildman–Crippen MR) is 80.6 cm³/mol. The quantitative estimate of drug-likeness (QED) is 0.834. The minimum absolute atomic E-state index is 0.0227. The largest absolute Gasteiger partial charge is 0.380 e. The molecule has 2 fully saturated rings. The van der Waals surface area contributed by atoms with Crippen LogP contribution in [0.2, 0.25) is 5.02 Å². The molecule has 3 heterocycles. The van der Waals surface area contributed by atoms with Crippen LogP contribution in [0.5, 0.6) is 0 Å². The summed E-state index contributed by atoms with van der Waals surface area (Å²) in [6.07, 6.45) is 5.23. The topological polar surface area (TPSA) is 45.7 Å². The van der Waals surface area contributed by atoms with E-state index in [1.165, 1.54) is 0 Å². The molecule has 0 N–H and O–H groups in total. The lowest BCUT2D eigenvalue weighted by Gasteiger charge is -2.26. The third-order valence-corrected chi connectivity index (χ3v) is 4.40. The zero-order valence-electron chi connectivity index (χ0n) is 12.0. The maximum atomic E-state index is 12.5. The van der Waals surface area contributed by atoms with Gasteiger partial charge in [-0.3, -0.25) is 14.7 Å². The van der Waals surface area contributed by atoms with Crippen LogP contribution in [-0.2, 0) is 4.74 Å². The molecule has 0 aromatic carbocycles. The van der Waals surface area contributed by atoms with E-state index in [2.05, 4.69) is 9.88 Å². The number of pyridine rings is 1. The second-order valence-electron chi connectivity index (χ2n) is 5.59. The normalized spacial score (nSPS) is 24.0. The second-order valence-corrected chi connectivity index (χ2v) is 6.03. The summed E-state index contributed by atoms with van der Waals surface area (Å²) in [5.74, 6) is 0.0227. The number of carbonyl (C=O) groups excluding carboxylic acids is 1. The van der Waals surface area contributed by atoms with Gasteiger partial charge in [0.05, 0.1) is 17.2 Å². The van der Waals surface area contributed by atoms with Gasteiger partial charge in [0.2, 0.25) is 0 Å². The van der Waals surface area contributed by atoms with E-state index in [4.69, 9.17) is 16.3 Å². The lowest BCUT2D eigenvalue weighted by atomic mass is 10.2. The molecule has 1 aromatic heterocycles. The summed E-state index contributed by atoms with van der Waals surface area (Å²) < 4.78 is 5.46. The van der Waals surface area contributed by atoms with Gasteiger partial charge in [-0.1, -0.05) is 11.6 Å². The molecule has 0 aliphatic carbocycles. The Balaban J connectivity index is 1.63. The van der Waals surface area contributed by atoms with Gasteiger partial charge >= 0.3 is 0 Å². The van der Waals surface area contributed by atoms with Crippen molar-refractivity contribution in [3.63, 3.8) is 0 Å². The van der Waals surface area contributed by atoms with Crippen molar-refractivity contribution in [1.82, 2.24) is 14.8 Å². The number of amides is 1. The molecule has 0 radical (unpaired) electrons. The molecular weight excluding hydrogens is 290 g/mol. The van der Waals surface area contributed by atoms with E-state index in [9.17, 15) is 4.79 Å². The Hall–Kier alpha value is -1.17. The van der Waals surface area contributed by atoms with Gasteiger partial charge in [0.1, 0.15) is 0 Å². The third kappa shape index (κ3) is 3.54. The summed E-state index contributed by atoms with van der Waals surface area (Å²) in [4.78, 5) is 20.9. The van der Waals surface area contributed by atoms with Gasteiger partial charge in [-0.2, -0.15) is 0 Å². The van der Waals surface area contributed by atoms with Crippen molar-refractivity contribution in [2.24, 2.45) is 0 Å². The number of halogens is 1. The molecule has 0 spiro atoms. The lowest BCUT2D eigenvalue weighted by Crippen LogP contribution is -2.39.